The number of aryl methyl sites for hydroxylation is 1. The van der Waals surface area contributed by atoms with Gasteiger partial charge in [0.05, 0.1) is 22.6 Å². The van der Waals surface area contributed by atoms with Crippen LogP contribution in [0, 0.1) is 0 Å². The number of hydrogen-bond acceptors (Lipinski definition) is 4. The minimum Gasteiger partial charge on any atom is -0.361 e. The van der Waals surface area contributed by atoms with Gasteiger partial charge in [-0.1, -0.05) is 6.07 Å². The molecule has 0 saturated heterocycles. The zero-order valence-electron chi connectivity index (χ0n) is 12.9. The first-order valence-corrected chi connectivity index (χ1v) is 8.40. The second-order valence-corrected chi connectivity index (χ2v) is 6.76. The van der Waals surface area contributed by atoms with Crippen LogP contribution in [0.2, 0.25) is 0 Å². The van der Waals surface area contributed by atoms with Gasteiger partial charge in [0.15, 0.2) is 0 Å². The lowest BCUT2D eigenvalue weighted by Crippen LogP contribution is -1.89. The first-order valence-electron chi connectivity index (χ1n) is 7.58. The fraction of sp³-hybridized carbons (Fsp3) is 0.0556. The lowest BCUT2D eigenvalue weighted by atomic mass is 10.1. The van der Waals surface area contributed by atoms with Crippen molar-refractivity contribution in [3.8, 4) is 21.8 Å². The number of imidazole rings is 1. The molecule has 1 aromatic carbocycles. The van der Waals surface area contributed by atoms with Crippen molar-refractivity contribution in [1.82, 2.24) is 24.5 Å². The van der Waals surface area contributed by atoms with Crippen LogP contribution in [0.3, 0.4) is 0 Å². The second-order valence-electron chi connectivity index (χ2n) is 5.73. The van der Waals surface area contributed by atoms with E-state index in [1.807, 2.05) is 25.8 Å². The molecule has 0 spiro atoms. The summed E-state index contributed by atoms with van der Waals surface area (Å²) in [5.41, 5.74) is 4.34. The highest BCUT2D eigenvalue weighted by atomic mass is 32.1. The summed E-state index contributed by atoms with van der Waals surface area (Å²) in [5, 5.41) is 2.25. The number of nitrogens with zero attached hydrogens (tertiary/aromatic N) is 4. The van der Waals surface area contributed by atoms with Gasteiger partial charge in [0.25, 0.3) is 0 Å². The van der Waals surface area contributed by atoms with Crippen molar-refractivity contribution in [2.24, 2.45) is 7.05 Å². The van der Waals surface area contributed by atoms with E-state index >= 15 is 0 Å². The largest absolute Gasteiger partial charge is 0.361 e. The minimum atomic E-state index is 0.986. The number of thiophene rings is 1. The van der Waals surface area contributed by atoms with Crippen molar-refractivity contribution in [2.45, 2.75) is 0 Å². The quantitative estimate of drug-likeness (QED) is 0.526. The van der Waals surface area contributed by atoms with Crippen LogP contribution in [-0.2, 0) is 7.05 Å². The van der Waals surface area contributed by atoms with Gasteiger partial charge in [-0.05, 0) is 24.3 Å². The summed E-state index contributed by atoms with van der Waals surface area (Å²) < 4.78 is 2.06. The molecule has 6 heteroatoms. The fourth-order valence-electron chi connectivity index (χ4n) is 3.04. The topological polar surface area (TPSA) is 59.4 Å². The van der Waals surface area contributed by atoms with E-state index in [4.69, 9.17) is 0 Å². The molecule has 4 heterocycles. The molecule has 0 radical (unpaired) electrons. The molecule has 1 N–H and O–H groups in total. The summed E-state index contributed by atoms with van der Waals surface area (Å²) in [7, 11) is 2.02. The summed E-state index contributed by atoms with van der Waals surface area (Å²) >= 11 is 1.67. The second kappa shape index (κ2) is 5.01. The van der Waals surface area contributed by atoms with Crippen molar-refractivity contribution in [3.05, 3.63) is 55.4 Å². The molecule has 0 saturated carbocycles. The standard InChI is InChI=1S/C18H13N5S/c1-23-10-22-16(12-2-3-14-11(6-12)4-5-20-14)17(23)15-7-13-8-19-9-21-18(13)24-15/h2-10,20H,1H3. The normalized spacial score (nSPS) is 11.5. The van der Waals surface area contributed by atoms with Gasteiger partial charge in [-0.3, -0.25) is 0 Å². The van der Waals surface area contributed by atoms with Crippen LogP contribution in [0.4, 0.5) is 0 Å². The first kappa shape index (κ1) is 13.4. The fourth-order valence-corrected chi connectivity index (χ4v) is 4.10. The van der Waals surface area contributed by atoms with E-state index in [9.17, 15) is 0 Å². The number of nitrogens with one attached hydrogen (secondary N) is 1. The van der Waals surface area contributed by atoms with E-state index < -0.39 is 0 Å². The molecule has 0 fully saturated rings. The highest BCUT2D eigenvalue weighted by Gasteiger charge is 2.16. The van der Waals surface area contributed by atoms with Gasteiger partial charge >= 0.3 is 0 Å². The van der Waals surface area contributed by atoms with Crippen LogP contribution >= 0.6 is 11.3 Å². The average molecular weight is 331 g/mol. The zero-order valence-corrected chi connectivity index (χ0v) is 13.7. The highest BCUT2D eigenvalue weighted by molar-refractivity contribution is 7.21. The van der Waals surface area contributed by atoms with Crippen LogP contribution in [0.5, 0.6) is 0 Å². The molecule has 0 unspecified atom stereocenters. The number of H-pyrrole nitrogens is 1. The third-order valence-corrected chi connectivity index (χ3v) is 5.26. The van der Waals surface area contributed by atoms with Gasteiger partial charge in [-0.2, -0.15) is 0 Å². The molecular formula is C18H13N5S. The SMILES string of the molecule is Cn1cnc(-c2ccc3[nH]ccc3c2)c1-c1cc2cncnc2s1. The van der Waals surface area contributed by atoms with E-state index in [0.717, 1.165) is 37.6 Å². The molecule has 0 amide bonds. The number of aromatic nitrogens is 5. The van der Waals surface area contributed by atoms with Gasteiger partial charge in [-0.15, -0.1) is 11.3 Å². The maximum Gasteiger partial charge on any atom is 0.127 e. The highest BCUT2D eigenvalue weighted by Crippen LogP contribution is 2.37. The summed E-state index contributed by atoms with van der Waals surface area (Å²) in [5.74, 6) is 0. The zero-order chi connectivity index (χ0) is 16.1. The lowest BCUT2D eigenvalue weighted by Gasteiger charge is -2.04. The van der Waals surface area contributed by atoms with E-state index in [-0.39, 0.29) is 0 Å². The minimum absolute atomic E-state index is 0.986. The number of fused-ring (bicyclic) bond motifs is 2. The monoisotopic (exact) mass is 331 g/mol. The Labute approximate surface area is 141 Å². The van der Waals surface area contributed by atoms with E-state index in [1.165, 1.54) is 5.39 Å². The van der Waals surface area contributed by atoms with Crippen LogP contribution in [0.25, 0.3) is 42.9 Å². The Bertz CT molecular complexity index is 1150. The van der Waals surface area contributed by atoms with Gasteiger partial charge in [0, 0.05) is 41.3 Å². The number of benzene rings is 1. The Morgan fingerprint density at radius 3 is 2.96 bits per heavy atom. The molecule has 0 aliphatic heterocycles. The van der Waals surface area contributed by atoms with Crippen molar-refractivity contribution >= 4 is 32.5 Å². The Morgan fingerprint density at radius 2 is 2.04 bits per heavy atom. The van der Waals surface area contributed by atoms with Gasteiger partial charge in [0.1, 0.15) is 11.2 Å². The number of hydrogen-bond donors (Lipinski definition) is 1. The summed E-state index contributed by atoms with van der Waals surface area (Å²) in [6.45, 7) is 0. The Kier molecular flexibility index (Phi) is 2.80. The smallest absolute Gasteiger partial charge is 0.127 e. The predicted octanol–water partition coefficient (Wildman–Crippen LogP) is 4.24. The maximum atomic E-state index is 4.65. The summed E-state index contributed by atoms with van der Waals surface area (Å²) in [6, 6.07) is 10.6. The third-order valence-electron chi connectivity index (χ3n) is 4.19. The van der Waals surface area contributed by atoms with E-state index in [1.54, 1.807) is 17.7 Å². The van der Waals surface area contributed by atoms with Gasteiger partial charge < -0.3 is 9.55 Å². The Hall–Kier alpha value is -2.99. The van der Waals surface area contributed by atoms with Crippen LogP contribution in [0.15, 0.2) is 55.4 Å². The summed E-state index contributed by atoms with van der Waals surface area (Å²) in [6.07, 6.45) is 7.26. The first-order chi connectivity index (χ1) is 11.8. The summed E-state index contributed by atoms with van der Waals surface area (Å²) in [4.78, 5) is 18.5. The molecule has 0 bridgehead atoms. The molecule has 5 aromatic rings. The number of aromatic amines is 1. The molecule has 0 aliphatic carbocycles. The van der Waals surface area contributed by atoms with Gasteiger partial charge in [0.2, 0.25) is 0 Å². The molecule has 0 atom stereocenters. The van der Waals surface area contributed by atoms with Crippen LogP contribution in [-0.4, -0.2) is 24.5 Å². The molecular weight excluding hydrogens is 318 g/mol. The van der Waals surface area contributed by atoms with E-state index in [2.05, 4.69) is 54.8 Å². The number of rotatable bonds is 2. The van der Waals surface area contributed by atoms with Crippen molar-refractivity contribution in [1.29, 1.82) is 0 Å². The lowest BCUT2D eigenvalue weighted by molar-refractivity contribution is 0.923. The Morgan fingerprint density at radius 1 is 1.08 bits per heavy atom. The van der Waals surface area contributed by atoms with Crippen molar-refractivity contribution in [3.63, 3.8) is 0 Å². The third kappa shape index (κ3) is 1.97. The van der Waals surface area contributed by atoms with Gasteiger partial charge in [-0.25, -0.2) is 15.0 Å². The molecule has 4 aromatic heterocycles. The molecule has 0 aliphatic rings. The molecule has 116 valence electrons. The molecule has 24 heavy (non-hydrogen) atoms. The molecule has 5 nitrogen and oxygen atoms in total. The van der Waals surface area contributed by atoms with Crippen molar-refractivity contribution < 1.29 is 0 Å². The van der Waals surface area contributed by atoms with E-state index in [0.29, 0.717) is 0 Å². The van der Waals surface area contributed by atoms with Crippen LogP contribution in [0.1, 0.15) is 0 Å². The predicted molar refractivity (Wildman–Crippen MR) is 96.9 cm³/mol. The maximum absolute atomic E-state index is 4.65. The molecule has 5 rings (SSSR count). The van der Waals surface area contributed by atoms with Crippen molar-refractivity contribution in [2.75, 3.05) is 0 Å². The Balaban J connectivity index is 1.73. The average Bonchev–Trinajstić information content (AvgIpc) is 3.30. The van der Waals surface area contributed by atoms with Crippen LogP contribution < -0.4 is 0 Å².